The Morgan fingerprint density at radius 3 is 2.24 bits per heavy atom. The molecule has 0 saturated heterocycles. The average molecular weight is 454 g/mol. The van der Waals surface area contributed by atoms with E-state index >= 15 is 0 Å². The fraction of sp³-hybridized carbons (Fsp3) is 0.259. The molecule has 3 unspecified atom stereocenters. The summed E-state index contributed by atoms with van der Waals surface area (Å²) in [6, 6.07) is 19.6. The van der Waals surface area contributed by atoms with Gasteiger partial charge < -0.3 is 24.3 Å². The van der Waals surface area contributed by atoms with Gasteiger partial charge in [-0.05, 0) is 59.9 Å². The summed E-state index contributed by atoms with van der Waals surface area (Å²) in [5, 5.41) is 3.62. The predicted molar refractivity (Wildman–Crippen MR) is 126 cm³/mol. The summed E-state index contributed by atoms with van der Waals surface area (Å²) in [6.45, 7) is 0.447. The Balaban J connectivity index is 1.29. The number of carbonyl (C=O) groups excluding carboxylic acids is 1. The Labute approximate surface area is 196 Å². The number of hydrogen-bond donors (Lipinski definition) is 1. The lowest BCUT2D eigenvalue weighted by molar-refractivity contribution is -0.122. The second-order valence-electron chi connectivity index (χ2n) is 9.02. The van der Waals surface area contributed by atoms with Gasteiger partial charge in [0.1, 0.15) is 5.78 Å². The first-order chi connectivity index (χ1) is 16.7. The van der Waals surface area contributed by atoms with Crippen LogP contribution in [0.2, 0.25) is 0 Å². The Morgan fingerprint density at radius 1 is 0.765 bits per heavy atom. The van der Waals surface area contributed by atoms with Crippen LogP contribution < -0.4 is 24.3 Å². The van der Waals surface area contributed by atoms with E-state index in [0.717, 1.165) is 45.5 Å². The highest BCUT2D eigenvalue weighted by Gasteiger charge is 2.42. The zero-order valence-corrected chi connectivity index (χ0v) is 18.3. The zero-order valence-electron chi connectivity index (χ0n) is 18.3. The highest BCUT2D eigenvalue weighted by Crippen LogP contribution is 2.46. The molecule has 1 aliphatic carbocycles. The van der Waals surface area contributed by atoms with Crippen molar-refractivity contribution in [3.8, 4) is 23.0 Å². The number of fused-ring (bicyclic) bond motifs is 4. The highest BCUT2D eigenvalue weighted by molar-refractivity contribution is 6.11. The van der Waals surface area contributed by atoms with Crippen LogP contribution in [-0.4, -0.2) is 25.1 Å². The monoisotopic (exact) mass is 454 g/mol. The molecule has 1 fully saturated rings. The molecule has 170 valence electrons. The number of para-hydroxylation sites is 2. The van der Waals surface area contributed by atoms with E-state index in [4.69, 9.17) is 23.9 Å². The standard InChI is InChI=1S/C27H22N2O5/c30-21-10-17(15-5-7-22-24(11-15)33-13-31-22)9-20-26(21)27(29-19-4-2-1-3-18(19)28-20)16-6-8-23-25(12-16)34-14-32-23/h1-8,11-12,17,26-27,29H,9-10,13-14H2. The number of nitrogens with zero attached hydrogens (tertiary/aromatic N) is 1. The lowest BCUT2D eigenvalue weighted by Gasteiger charge is -2.34. The molecule has 0 radical (unpaired) electrons. The topological polar surface area (TPSA) is 78.4 Å². The number of benzene rings is 3. The van der Waals surface area contributed by atoms with Crippen molar-refractivity contribution in [2.75, 3.05) is 18.9 Å². The first-order valence-corrected chi connectivity index (χ1v) is 11.5. The normalized spacial score (nSPS) is 23.9. The maximum atomic E-state index is 13.7. The third-order valence-electron chi connectivity index (χ3n) is 7.05. The Bertz CT molecular complexity index is 1350. The number of Topliss-reactive ketones (excluding diaryl/α,β-unsaturated/α-hetero) is 1. The van der Waals surface area contributed by atoms with Gasteiger partial charge >= 0.3 is 0 Å². The molecule has 3 aliphatic heterocycles. The number of ether oxygens (including phenoxy) is 4. The number of hydrogen-bond acceptors (Lipinski definition) is 7. The number of anilines is 1. The van der Waals surface area contributed by atoms with Crippen molar-refractivity contribution in [1.82, 2.24) is 0 Å². The molecule has 34 heavy (non-hydrogen) atoms. The molecule has 7 rings (SSSR count). The van der Waals surface area contributed by atoms with Gasteiger partial charge in [-0.1, -0.05) is 24.3 Å². The van der Waals surface area contributed by atoms with Crippen LogP contribution in [0.25, 0.3) is 0 Å². The molecule has 3 atom stereocenters. The van der Waals surface area contributed by atoms with E-state index in [1.54, 1.807) is 0 Å². The van der Waals surface area contributed by atoms with E-state index in [1.807, 2.05) is 60.7 Å². The van der Waals surface area contributed by atoms with Crippen molar-refractivity contribution >= 4 is 22.9 Å². The molecular formula is C27H22N2O5. The second kappa shape index (κ2) is 7.52. The van der Waals surface area contributed by atoms with E-state index in [9.17, 15) is 4.79 Å². The van der Waals surface area contributed by atoms with Crippen molar-refractivity contribution in [2.24, 2.45) is 10.9 Å². The molecule has 1 N–H and O–H groups in total. The minimum atomic E-state index is -0.363. The maximum Gasteiger partial charge on any atom is 0.231 e. The van der Waals surface area contributed by atoms with Gasteiger partial charge in [0.2, 0.25) is 13.6 Å². The summed E-state index contributed by atoms with van der Waals surface area (Å²) in [7, 11) is 0. The second-order valence-corrected chi connectivity index (χ2v) is 9.02. The predicted octanol–water partition coefficient (Wildman–Crippen LogP) is 5.15. The molecule has 7 nitrogen and oxygen atoms in total. The summed E-state index contributed by atoms with van der Waals surface area (Å²) in [5.41, 5.74) is 4.72. The first-order valence-electron chi connectivity index (χ1n) is 11.5. The SMILES string of the molecule is O=C1CC(c2ccc3c(c2)OCO3)CC2=Nc3ccccc3NC(c3ccc4c(c3)OCO4)C12. The minimum Gasteiger partial charge on any atom is -0.454 e. The summed E-state index contributed by atoms with van der Waals surface area (Å²) >= 11 is 0. The lowest BCUT2D eigenvalue weighted by atomic mass is 9.72. The number of ketones is 1. The van der Waals surface area contributed by atoms with Gasteiger partial charge in [0.15, 0.2) is 23.0 Å². The van der Waals surface area contributed by atoms with E-state index in [0.29, 0.717) is 18.6 Å². The first kappa shape index (κ1) is 19.5. The van der Waals surface area contributed by atoms with Crippen LogP contribution in [0.3, 0.4) is 0 Å². The molecule has 0 aromatic heterocycles. The summed E-state index contributed by atoms with van der Waals surface area (Å²) in [6.07, 6.45) is 1.15. The van der Waals surface area contributed by atoms with Crippen molar-refractivity contribution in [1.29, 1.82) is 0 Å². The summed E-state index contributed by atoms with van der Waals surface area (Å²) in [5.74, 6) is 2.77. The third-order valence-corrected chi connectivity index (χ3v) is 7.05. The fourth-order valence-corrected chi connectivity index (χ4v) is 5.38. The van der Waals surface area contributed by atoms with Gasteiger partial charge in [-0.2, -0.15) is 0 Å². The van der Waals surface area contributed by atoms with E-state index in [1.165, 1.54) is 0 Å². The minimum absolute atomic E-state index is 0.0414. The van der Waals surface area contributed by atoms with Gasteiger partial charge in [-0.3, -0.25) is 9.79 Å². The third kappa shape index (κ3) is 3.11. The Hall–Kier alpha value is -4.00. The molecular weight excluding hydrogens is 432 g/mol. The van der Waals surface area contributed by atoms with Crippen LogP contribution >= 0.6 is 0 Å². The number of aliphatic imine (C=N–C) groups is 1. The van der Waals surface area contributed by atoms with Crippen molar-refractivity contribution in [2.45, 2.75) is 24.8 Å². The van der Waals surface area contributed by atoms with Gasteiger partial charge in [0.25, 0.3) is 0 Å². The zero-order chi connectivity index (χ0) is 22.6. The van der Waals surface area contributed by atoms with E-state index in [2.05, 4.69) is 5.32 Å². The number of carbonyl (C=O) groups is 1. The van der Waals surface area contributed by atoms with E-state index in [-0.39, 0.29) is 37.2 Å². The molecule has 1 saturated carbocycles. The molecule has 7 heteroatoms. The smallest absolute Gasteiger partial charge is 0.231 e. The van der Waals surface area contributed by atoms with Gasteiger partial charge in [-0.25, -0.2) is 0 Å². The molecule has 3 aromatic rings. The fourth-order valence-electron chi connectivity index (χ4n) is 5.38. The highest BCUT2D eigenvalue weighted by atomic mass is 16.7. The van der Waals surface area contributed by atoms with Crippen molar-refractivity contribution in [3.63, 3.8) is 0 Å². The van der Waals surface area contributed by atoms with E-state index < -0.39 is 0 Å². The van der Waals surface area contributed by atoms with Crippen LogP contribution in [0.4, 0.5) is 11.4 Å². The van der Waals surface area contributed by atoms with Gasteiger partial charge in [-0.15, -0.1) is 0 Å². The molecule has 4 aliphatic rings. The molecule has 3 aromatic carbocycles. The van der Waals surface area contributed by atoms with Crippen molar-refractivity contribution in [3.05, 3.63) is 71.8 Å². The quantitative estimate of drug-likeness (QED) is 0.577. The van der Waals surface area contributed by atoms with Gasteiger partial charge in [0, 0.05) is 12.1 Å². The largest absolute Gasteiger partial charge is 0.454 e. The molecule has 3 heterocycles. The molecule has 0 amide bonds. The molecule has 0 spiro atoms. The van der Waals surface area contributed by atoms with Crippen LogP contribution in [0.1, 0.15) is 35.9 Å². The summed E-state index contributed by atoms with van der Waals surface area (Å²) < 4.78 is 22.1. The number of nitrogens with one attached hydrogen (secondary N) is 1. The average Bonchev–Trinajstić information content (AvgIpc) is 3.48. The van der Waals surface area contributed by atoms with Crippen molar-refractivity contribution < 1.29 is 23.7 Å². The Kier molecular flexibility index (Phi) is 4.30. The Morgan fingerprint density at radius 2 is 1.44 bits per heavy atom. The summed E-state index contributed by atoms with van der Waals surface area (Å²) in [4.78, 5) is 18.8. The maximum absolute atomic E-state index is 13.7. The van der Waals surface area contributed by atoms with Gasteiger partial charge in [0.05, 0.1) is 23.3 Å². The van der Waals surface area contributed by atoms with Crippen LogP contribution in [-0.2, 0) is 4.79 Å². The molecule has 0 bridgehead atoms. The number of rotatable bonds is 2. The van der Waals surface area contributed by atoms with Crippen LogP contribution in [0.15, 0.2) is 65.7 Å². The van der Waals surface area contributed by atoms with Crippen LogP contribution in [0, 0.1) is 5.92 Å². The van der Waals surface area contributed by atoms with Crippen LogP contribution in [0.5, 0.6) is 23.0 Å². The lowest BCUT2D eigenvalue weighted by Crippen LogP contribution is -2.38.